The lowest BCUT2D eigenvalue weighted by atomic mass is 9.53. The van der Waals surface area contributed by atoms with Crippen molar-refractivity contribution in [2.24, 2.45) is 29.4 Å². The Morgan fingerprint density at radius 2 is 1.75 bits per heavy atom. The molecule has 2 aromatic carbocycles. The highest BCUT2D eigenvalue weighted by atomic mass is 16.3. The predicted molar refractivity (Wildman–Crippen MR) is 161 cm³/mol. The van der Waals surface area contributed by atoms with Crippen molar-refractivity contribution >= 4 is 34.7 Å². The Kier molecular flexibility index (Phi) is 7.46. The number of amides is 1. The van der Waals surface area contributed by atoms with E-state index in [1.54, 1.807) is 0 Å². The molecule has 44 heavy (non-hydrogen) atoms. The minimum absolute atomic E-state index is 0.00175. The van der Waals surface area contributed by atoms with Gasteiger partial charge in [0.1, 0.15) is 5.75 Å². The Morgan fingerprint density at radius 3 is 2.41 bits per heavy atom. The van der Waals surface area contributed by atoms with Crippen LogP contribution < -0.4 is 10.6 Å². The standard InChI is InChI=1S/C33H38N4O7/c1-35(2)23-15-21(18-6-4-5-17(11-18)16-37-9-7-36(3)8-10-37)28(39)26-22(23)13-19-12-20-14-24(38)27(32(34)43)31(42)33(20,44)30(41)25(19)29(26)40/h4-6,11,15,19-20,25,27,39,44H,7-10,12-14,16H2,1-3H3,(H2,34,43)/t19-,20+,25?,27?,33+/m1/s1. The highest BCUT2D eigenvalue weighted by Crippen LogP contribution is 2.52. The van der Waals surface area contributed by atoms with E-state index >= 15 is 0 Å². The zero-order valence-corrected chi connectivity index (χ0v) is 25.2. The van der Waals surface area contributed by atoms with Crippen molar-refractivity contribution in [3.8, 4) is 16.9 Å². The third-order valence-electron chi connectivity index (χ3n) is 10.1. The van der Waals surface area contributed by atoms with Gasteiger partial charge in [-0.25, -0.2) is 0 Å². The van der Waals surface area contributed by atoms with Gasteiger partial charge in [0, 0.05) is 70.4 Å². The van der Waals surface area contributed by atoms with Crippen molar-refractivity contribution < 1.29 is 34.2 Å². The van der Waals surface area contributed by atoms with E-state index < -0.39 is 58.3 Å². The fourth-order valence-electron chi connectivity index (χ4n) is 7.74. The molecule has 1 heterocycles. The van der Waals surface area contributed by atoms with Gasteiger partial charge >= 0.3 is 0 Å². The monoisotopic (exact) mass is 602 g/mol. The largest absolute Gasteiger partial charge is 0.507 e. The molecule has 1 aliphatic heterocycles. The van der Waals surface area contributed by atoms with Gasteiger partial charge in [-0.3, -0.25) is 28.9 Å². The van der Waals surface area contributed by atoms with Crippen LogP contribution in [0.4, 0.5) is 5.69 Å². The molecule has 6 rings (SSSR count). The Balaban J connectivity index is 1.40. The van der Waals surface area contributed by atoms with Crippen molar-refractivity contribution in [3.05, 3.63) is 47.0 Å². The first-order chi connectivity index (χ1) is 20.8. The molecule has 11 heteroatoms. The van der Waals surface area contributed by atoms with Crippen LogP contribution in [0.3, 0.4) is 0 Å². The average Bonchev–Trinajstić information content (AvgIpc) is 2.96. The summed E-state index contributed by atoms with van der Waals surface area (Å²) in [4.78, 5) is 72.4. The van der Waals surface area contributed by atoms with Gasteiger partial charge < -0.3 is 25.7 Å². The van der Waals surface area contributed by atoms with Crippen LogP contribution in [0.25, 0.3) is 11.1 Å². The van der Waals surface area contributed by atoms with Gasteiger partial charge in [-0.05, 0) is 54.6 Å². The van der Waals surface area contributed by atoms with Crippen LogP contribution in [-0.2, 0) is 32.1 Å². The highest BCUT2D eigenvalue weighted by molar-refractivity contribution is 6.31. The van der Waals surface area contributed by atoms with Crippen LogP contribution in [-0.4, -0.2) is 102 Å². The van der Waals surface area contributed by atoms with Crippen molar-refractivity contribution in [1.82, 2.24) is 9.80 Å². The number of phenolic OH excluding ortho intramolecular Hbond substituents is 1. The smallest absolute Gasteiger partial charge is 0.235 e. The Labute approximate surface area is 255 Å². The van der Waals surface area contributed by atoms with E-state index in [4.69, 9.17) is 5.73 Å². The molecule has 4 N–H and O–H groups in total. The molecule has 1 saturated heterocycles. The second kappa shape index (κ2) is 10.9. The first-order valence-electron chi connectivity index (χ1n) is 15.1. The van der Waals surface area contributed by atoms with Crippen LogP contribution in [0, 0.1) is 23.7 Å². The molecule has 2 unspecified atom stereocenters. The fraction of sp³-hybridized carbons (Fsp3) is 0.485. The molecule has 11 nitrogen and oxygen atoms in total. The molecule has 3 aliphatic carbocycles. The first-order valence-corrected chi connectivity index (χ1v) is 15.1. The minimum atomic E-state index is -2.67. The lowest BCUT2D eigenvalue weighted by Crippen LogP contribution is -2.68. The molecule has 0 spiro atoms. The number of fused-ring (bicyclic) bond motifs is 3. The quantitative estimate of drug-likeness (QED) is 0.418. The second-order valence-electron chi connectivity index (χ2n) is 13.1. The highest BCUT2D eigenvalue weighted by Gasteiger charge is 2.66. The third-order valence-corrected chi connectivity index (χ3v) is 10.1. The Morgan fingerprint density at radius 1 is 1.05 bits per heavy atom. The van der Waals surface area contributed by atoms with Gasteiger partial charge in [-0.2, -0.15) is 0 Å². The Bertz CT molecular complexity index is 1590. The van der Waals surface area contributed by atoms with Crippen LogP contribution in [0.2, 0.25) is 0 Å². The number of hydrogen-bond acceptors (Lipinski definition) is 10. The van der Waals surface area contributed by atoms with Crippen molar-refractivity contribution in [2.45, 2.75) is 31.4 Å². The van der Waals surface area contributed by atoms with Gasteiger partial charge in [0.25, 0.3) is 0 Å². The normalized spacial score (nSPS) is 29.2. The van der Waals surface area contributed by atoms with E-state index in [9.17, 15) is 34.2 Å². The van der Waals surface area contributed by atoms with E-state index in [1.807, 2.05) is 49.3 Å². The number of nitrogens with two attached hydrogens (primary N) is 1. The topological polar surface area (TPSA) is 162 Å². The van der Waals surface area contributed by atoms with E-state index in [-0.39, 0.29) is 30.6 Å². The number of likely N-dealkylation sites (N-methyl/N-ethyl adjacent to an activating group) is 1. The summed E-state index contributed by atoms with van der Waals surface area (Å²) in [6.45, 7) is 4.62. The van der Waals surface area contributed by atoms with Gasteiger partial charge in [-0.15, -0.1) is 0 Å². The van der Waals surface area contributed by atoms with Crippen molar-refractivity contribution in [2.75, 3.05) is 52.2 Å². The average molecular weight is 603 g/mol. The lowest BCUT2D eigenvalue weighted by molar-refractivity contribution is -0.175. The third kappa shape index (κ3) is 4.65. The zero-order valence-electron chi connectivity index (χ0n) is 25.2. The number of Topliss-reactive ketones (excluding diaryl/α,β-unsaturated/α-hetero) is 4. The molecular formula is C33H38N4O7. The van der Waals surface area contributed by atoms with Gasteiger partial charge in [0.05, 0.1) is 11.5 Å². The summed E-state index contributed by atoms with van der Waals surface area (Å²) >= 11 is 0. The SMILES string of the molecule is CN1CCN(Cc2cccc(-c3cc(N(C)C)c4c(c3O)C(=O)C3C(=O)[C@]5(O)C(=O)C(C(N)=O)C(=O)C[C@@H]5C[C@@H]3C4)c2)CC1. The van der Waals surface area contributed by atoms with E-state index in [2.05, 4.69) is 16.8 Å². The second-order valence-corrected chi connectivity index (χ2v) is 13.1. The fourth-order valence-corrected chi connectivity index (χ4v) is 7.74. The molecule has 2 saturated carbocycles. The van der Waals surface area contributed by atoms with Crippen LogP contribution in [0.1, 0.15) is 34.3 Å². The number of carbonyl (C=O) groups excluding carboxylic acids is 5. The number of primary amides is 1. The van der Waals surface area contributed by atoms with E-state index in [0.29, 0.717) is 22.4 Å². The molecule has 0 bridgehead atoms. The lowest BCUT2D eigenvalue weighted by Gasteiger charge is -2.48. The summed E-state index contributed by atoms with van der Waals surface area (Å²) in [6, 6.07) is 9.66. The molecule has 232 valence electrons. The van der Waals surface area contributed by atoms with E-state index in [0.717, 1.165) is 38.3 Å². The number of aromatic hydroxyl groups is 1. The molecular weight excluding hydrogens is 564 g/mol. The van der Waals surface area contributed by atoms with Gasteiger partial charge in [-0.1, -0.05) is 18.2 Å². The number of benzene rings is 2. The summed E-state index contributed by atoms with van der Waals surface area (Å²) in [7, 11) is 5.78. The van der Waals surface area contributed by atoms with Crippen LogP contribution in [0.15, 0.2) is 30.3 Å². The summed E-state index contributed by atoms with van der Waals surface area (Å²) < 4.78 is 0. The van der Waals surface area contributed by atoms with Crippen LogP contribution in [0.5, 0.6) is 5.75 Å². The number of piperazine rings is 1. The number of ketones is 4. The summed E-state index contributed by atoms with van der Waals surface area (Å²) in [5.41, 5.74) is 6.13. The maximum absolute atomic E-state index is 14.2. The number of hydrogen-bond donors (Lipinski definition) is 3. The number of anilines is 1. The Hall–Kier alpha value is -3.93. The first kappa shape index (κ1) is 30.1. The molecule has 5 atom stereocenters. The van der Waals surface area contributed by atoms with Crippen molar-refractivity contribution in [1.29, 1.82) is 0 Å². The molecule has 4 aliphatic rings. The minimum Gasteiger partial charge on any atom is -0.507 e. The van der Waals surface area contributed by atoms with Gasteiger partial charge in [0.2, 0.25) is 5.91 Å². The van der Waals surface area contributed by atoms with E-state index in [1.165, 1.54) is 0 Å². The number of aliphatic hydroxyl groups is 1. The zero-order chi connectivity index (χ0) is 31.7. The summed E-state index contributed by atoms with van der Waals surface area (Å²) in [5.74, 6) is -10.1. The summed E-state index contributed by atoms with van der Waals surface area (Å²) in [5, 5.41) is 23.2. The molecule has 3 fully saturated rings. The number of nitrogens with zero attached hydrogens (tertiary/aromatic N) is 3. The summed E-state index contributed by atoms with van der Waals surface area (Å²) in [6.07, 6.45) is -0.0672. The van der Waals surface area contributed by atoms with Crippen molar-refractivity contribution in [3.63, 3.8) is 0 Å². The molecule has 1 amide bonds. The number of carbonyl (C=O) groups is 5. The molecule has 0 radical (unpaired) electrons. The maximum atomic E-state index is 14.2. The molecule has 2 aromatic rings. The number of phenols is 1. The van der Waals surface area contributed by atoms with Crippen LogP contribution >= 0.6 is 0 Å². The number of rotatable bonds is 5. The maximum Gasteiger partial charge on any atom is 0.235 e. The van der Waals surface area contributed by atoms with Gasteiger partial charge in [0.15, 0.2) is 34.7 Å². The molecule has 0 aromatic heterocycles. The predicted octanol–water partition coefficient (Wildman–Crippen LogP) is 0.807.